The first-order valence-electron chi connectivity index (χ1n) is 25.8. The van der Waals surface area contributed by atoms with Crippen LogP contribution < -0.4 is 14.5 Å². The molecule has 5 nitrogen and oxygen atoms in total. The molecule has 1 aliphatic rings. The fourth-order valence-corrected chi connectivity index (χ4v) is 10.4. The first kappa shape index (κ1) is 52.2. The number of nitrogens with zero attached hydrogens (tertiary/aromatic N) is 4. The molecule has 3 heterocycles. The average molecular weight is 1150 g/mol. The quantitative estimate of drug-likeness (QED) is 0.128. The summed E-state index contributed by atoms with van der Waals surface area (Å²) in [7, 11) is 0. The molecule has 0 fully saturated rings. The molecule has 380 valence electrons. The van der Waals surface area contributed by atoms with Crippen LogP contribution in [0, 0.1) is 18.8 Å². The van der Waals surface area contributed by atoms with Crippen LogP contribution in [0.4, 0.5) is 11.4 Å². The number of para-hydroxylation sites is 1. The molecule has 0 unspecified atom stereocenters. The summed E-state index contributed by atoms with van der Waals surface area (Å²) in [6.07, 6.45) is 1.91. The van der Waals surface area contributed by atoms with Crippen LogP contribution in [0.15, 0.2) is 187 Å². The second-order valence-corrected chi connectivity index (χ2v) is 24.0. The van der Waals surface area contributed by atoms with Crippen LogP contribution in [0.25, 0.3) is 38.8 Å². The molecule has 9 aromatic rings. The molecule has 0 radical (unpaired) electrons. The number of aromatic nitrogens is 2. The Kier molecular flexibility index (Phi) is 13.8. The van der Waals surface area contributed by atoms with E-state index in [1.165, 1.54) is 33.5 Å². The van der Waals surface area contributed by atoms with E-state index in [9.17, 15) is 0 Å². The Hall–Kier alpha value is -6.68. The maximum atomic E-state index is 7.09. The summed E-state index contributed by atoms with van der Waals surface area (Å²) in [6, 6.07) is 68.7. The fraction of sp³-hybridized carbons (Fsp3) is 0.265. The van der Waals surface area contributed by atoms with Gasteiger partial charge in [-0.25, -0.2) is 4.98 Å². The van der Waals surface area contributed by atoms with Gasteiger partial charge in [-0.05, 0) is 85.3 Å². The van der Waals surface area contributed by atoms with Crippen LogP contribution in [0.3, 0.4) is 0 Å². The van der Waals surface area contributed by atoms with Gasteiger partial charge in [-0.3, -0.25) is 0 Å². The number of hydrogen-bond donors (Lipinski definition) is 0. The molecule has 0 aliphatic carbocycles. The molecule has 1 aliphatic heterocycles. The maximum Gasteiger partial charge on any atom is 0.135 e. The SMILES string of the molecule is CC(C)(C)c1cc(N2[CH-]N(c3[c-]c(Oc4[c-]c5c(cc4)c4ccccc4n5-c4cc(C(C)(C)C)ccn4)cc(-c4ccccc4)c3)C(C(C)(C)c3ccccc3)=C2C(C)(C)c2ccccc2)cc(C(C)(C)C)c1.[Pt]. The van der Waals surface area contributed by atoms with E-state index in [1.54, 1.807) is 0 Å². The van der Waals surface area contributed by atoms with Gasteiger partial charge in [0.15, 0.2) is 0 Å². The predicted molar refractivity (Wildman–Crippen MR) is 306 cm³/mol. The van der Waals surface area contributed by atoms with Crippen molar-refractivity contribution in [2.75, 3.05) is 9.80 Å². The summed E-state index contributed by atoms with van der Waals surface area (Å²) in [5.74, 6) is 2.01. The minimum atomic E-state index is -0.509. The van der Waals surface area contributed by atoms with E-state index in [2.05, 4.69) is 287 Å². The third kappa shape index (κ3) is 9.89. The first-order valence-corrected chi connectivity index (χ1v) is 25.8. The number of hydrogen-bond acceptors (Lipinski definition) is 4. The van der Waals surface area contributed by atoms with Gasteiger partial charge in [0.2, 0.25) is 0 Å². The molecule has 0 amide bonds. The van der Waals surface area contributed by atoms with Crippen molar-refractivity contribution in [3.05, 3.63) is 234 Å². The maximum absolute atomic E-state index is 7.09. The van der Waals surface area contributed by atoms with Crippen molar-refractivity contribution >= 4 is 33.2 Å². The van der Waals surface area contributed by atoms with E-state index in [0.717, 1.165) is 55.8 Å². The summed E-state index contributed by atoms with van der Waals surface area (Å²) in [5, 5.41) is 2.21. The van der Waals surface area contributed by atoms with E-state index >= 15 is 0 Å². The smallest absolute Gasteiger partial charge is 0.135 e. The van der Waals surface area contributed by atoms with Crippen molar-refractivity contribution in [2.24, 2.45) is 0 Å². The van der Waals surface area contributed by atoms with Crippen LogP contribution in [-0.4, -0.2) is 9.55 Å². The molecule has 0 bridgehead atoms. The second-order valence-electron chi connectivity index (χ2n) is 24.0. The van der Waals surface area contributed by atoms with Crippen molar-refractivity contribution in [1.29, 1.82) is 0 Å². The summed E-state index contributed by atoms with van der Waals surface area (Å²) >= 11 is 0. The van der Waals surface area contributed by atoms with Gasteiger partial charge in [0.25, 0.3) is 0 Å². The Morgan fingerprint density at radius 2 is 0.986 bits per heavy atom. The van der Waals surface area contributed by atoms with E-state index < -0.39 is 10.8 Å². The predicted octanol–water partition coefficient (Wildman–Crippen LogP) is 17.7. The minimum Gasteiger partial charge on any atom is -0.509 e. The van der Waals surface area contributed by atoms with Crippen molar-refractivity contribution < 1.29 is 25.8 Å². The third-order valence-electron chi connectivity index (χ3n) is 14.9. The number of fused-ring (bicyclic) bond motifs is 3. The molecule has 0 atom stereocenters. The zero-order valence-corrected chi connectivity index (χ0v) is 47.6. The Labute approximate surface area is 455 Å². The molecule has 0 spiro atoms. The summed E-state index contributed by atoms with van der Waals surface area (Å²) in [4.78, 5) is 9.81. The van der Waals surface area contributed by atoms with Crippen LogP contribution in [0.2, 0.25) is 0 Å². The van der Waals surface area contributed by atoms with Gasteiger partial charge in [0.1, 0.15) is 5.82 Å². The summed E-state index contributed by atoms with van der Waals surface area (Å²) in [6.45, 7) is 32.4. The van der Waals surface area contributed by atoms with Gasteiger partial charge in [-0.1, -0.05) is 211 Å². The number of rotatable bonds is 10. The van der Waals surface area contributed by atoms with E-state index in [0.29, 0.717) is 11.5 Å². The van der Waals surface area contributed by atoms with Crippen molar-refractivity contribution in [1.82, 2.24) is 9.55 Å². The molecule has 7 aromatic carbocycles. The van der Waals surface area contributed by atoms with Gasteiger partial charge < -0.3 is 19.1 Å². The second kappa shape index (κ2) is 19.5. The largest absolute Gasteiger partial charge is 0.509 e. The zero-order chi connectivity index (χ0) is 51.7. The first-order chi connectivity index (χ1) is 34.6. The molecule has 6 heteroatoms. The number of anilines is 2. The molecule has 0 saturated heterocycles. The molecular weight excluding hydrogens is 1080 g/mol. The van der Waals surface area contributed by atoms with E-state index in [-0.39, 0.29) is 37.3 Å². The fourth-order valence-electron chi connectivity index (χ4n) is 10.4. The standard InChI is InChI=1S/C68H69N4O.Pt/c1-64(2,3)50-35-36-69-61(42-50)72-59-32-24-23-31-57(59)58-34-33-55(44-60(58)72)73-56-38-47(46-25-17-14-18-26-46)37-53(43-56)70-45-71(54-40-51(65(4,5)6)39-52(41-54)66(7,8)9)63(68(12,13)49-29-21-16-22-30-49)62(70)67(10,11)48-27-19-15-20-28-48;/h14-42,45H,1-13H3;/q-3;. The number of allylic oxidation sites excluding steroid dienone is 2. The summed E-state index contributed by atoms with van der Waals surface area (Å²) < 4.78 is 9.30. The Balaban J connectivity index is 0.00000672. The van der Waals surface area contributed by atoms with Gasteiger partial charge in [-0.15, -0.1) is 53.6 Å². The molecule has 2 aromatic heterocycles. The third-order valence-corrected chi connectivity index (χ3v) is 14.9. The Morgan fingerprint density at radius 3 is 1.57 bits per heavy atom. The van der Waals surface area contributed by atoms with Crippen LogP contribution in [-0.2, 0) is 48.1 Å². The van der Waals surface area contributed by atoms with Crippen molar-refractivity contribution in [2.45, 2.75) is 117 Å². The Morgan fingerprint density at radius 1 is 0.446 bits per heavy atom. The van der Waals surface area contributed by atoms with Crippen molar-refractivity contribution in [3.63, 3.8) is 0 Å². The number of ether oxygens (including phenoxy) is 1. The topological polar surface area (TPSA) is 33.5 Å². The zero-order valence-electron chi connectivity index (χ0n) is 45.3. The van der Waals surface area contributed by atoms with Gasteiger partial charge in [0.05, 0.1) is 0 Å². The number of pyridine rings is 1. The van der Waals surface area contributed by atoms with Crippen LogP contribution in [0.5, 0.6) is 11.5 Å². The van der Waals surface area contributed by atoms with Crippen molar-refractivity contribution in [3.8, 4) is 28.4 Å². The average Bonchev–Trinajstić information content (AvgIpc) is 3.95. The molecule has 74 heavy (non-hydrogen) atoms. The molecular formula is C68H69N4OPt-3. The minimum absolute atomic E-state index is 0. The number of benzene rings is 7. The molecule has 0 N–H and O–H groups in total. The molecule has 0 saturated carbocycles. The van der Waals surface area contributed by atoms with E-state index in [4.69, 9.17) is 9.72 Å². The van der Waals surface area contributed by atoms with Gasteiger partial charge >= 0.3 is 0 Å². The van der Waals surface area contributed by atoms with Crippen LogP contribution in [0.1, 0.15) is 118 Å². The summed E-state index contributed by atoms with van der Waals surface area (Å²) in [5.41, 5.74) is 13.4. The van der Waals surface area contributed by atoms with Crippen LogP contribution >= 0.6 is 0 Å². The molecule has 10 rings (SSSR count). The van der Waals surface area contributed by atoms with E-state index in [1.807, 2.05) is 12.3 Å². The normalized spacial score (nSPS) is 13.7. The van der Waals surface area contributed by atoms with Gasteiger partial charge in [-0.2, -0.15) is 6.07 Å². The monoisotopic (exact) mass is 1150 g/mol. The Bertz CT molecular complexity index is 3480. The van der Waals surface area contributed by atoms with Gasteiger partial charge in [0, 0.05) is 72.2 Å².